The maximum Gasteiger partial charge on any atom is 0.257 e. The number of benzene rings is 1. The summed E-state index contributed by atoms with van der Waals surface area (Å²) < 4.78 is 0. The number of imidazole rings is 1. The van der Waals surface area contributed by atoms with Crippen molar-refractivity contribution in [2.75, 3.05) is 5.32 Å². The van der Waals surface area contributed by atoms with E-state index in [0.717, 1.165) is 0 Å². The molecule has 0 fully saturated rings. The van der Waals surface area contributed by atoms with Gasteiger partial charge < -0.3 is 4.98 Å². The number of rotatable bonds is 3. The van der Waals surface area contributed by atoms with E-state index in [0.29, 0.717) is 22.9 Å². The van der Waals surface area contributed by atoms with Crippen molar-refractivity contribution in [3.05, 3.63) is 42.2 Å². The Labute approximate surface area is 107 Å². The van der Waals surface area contributed by atoms with Crippen LogP contribution in [0.5, 0.6) is 0 Å². The summed E-state index contributed by atoms with van der Waals surface area (Å²) in [6.07, 6.45) is 3.19. The fourth-order valence-corrected chi connectivity index (χ4v) is 1.60. The standard InChI is InChI=1S/C11H9N7O/c19-10(14-11-12-4-5-13-11)8-3-1-2-7(6-8)9-15-17-18-16-9/h1-6H,(H2,12,13,14,19)(H,15,16,17,18). The quantitative estimate of drug-likeness (QED) is 0.642. The maximum atomic E-state index is 12.0. The molecule has 3 rings (SSSR count). The van der Waals surface area contributed by atoms with Gasteiger partial charge in [-0.15, -0.1) is 10.2 Å². The number of nitrogens with zero attached hydrogens (tertiary/aromatic N) is 4. The van der Waals surface area contributed by atoms with Gasteiger partial charge in [-0.05, 0) is 17.3 Å². The molecule has 8 heteroatoms. The van der Waals surface area contributed by atoms with Crippen LogP contribution in [0.15, 0.2) is 36.7 Å². The third-order valence-corrected chi connectivity index (χ3v) is 2.46. The molecule has 0 bridgehead atoms. The Bertz CT molecular complexity index is 675. The number of amides is 1. The predicted molar refractivity (Wildman–Crippen MR) is 66.2 cm³/mol. The molecule has 0 aliphatic carbocycles. The highest BCUT2D eigenvalue weighted by molar-refractivity contribution is 6.03. The zero-order chi connectivity index (χ0) is 13.1. The Balaban J connectivity index is 1.85. The molecule has 0 saturated carbocycles. The van der Waals surface area contributed by atoms with Crippen LogP contribution in [-0.4, -0.2) is 36.5 Å². The second-order valence-corrected chi connectivity index (χ2v) is 3.71. The van der Waals surface area contributed by atoms with E-state index in [2.05, 4.69) is 35.9 Å². The molecule has 2 aromatic heterocycles. The largest absolute Gasteiger partial charge is 0.331 e. The maximum absolute atomic E-state index is 12.0. The number of aromatic amines is 2. The molecular formula is C11H9N7O. The van der Waals surface area contributed by atoms with Gasteiger partial charge in [0.05, 0.1) is 0 Å². The van der Waals surface area contributed by atoms with Gasteiger partial charge in [0.15, 0.2) is 0 Å². The molecule has 0 unspecified atom stereocenters. The predicted octanol–water partition coefficient (Wildman–Crippen LogP) is 0.842. The number of tetrazole rings is 1. The topological polar surface area (TPSA) is 112 Å². The number of hydrogen-bond donors (Lipinski definition) is 3. The van der Waals surface area contributed by atoms with Gasteiger partial charge in [-0.2, -0.15) is 5.21 Å². The number of hydrogen-bond acceptors (Lipinski definition) is 5. The van der Waals surface area contributed by atoms with Crippen molar-refractivity contribution in [2.24, 2.45) is 0 Å². The minimum Gasteiger partial charge on any atom is -0.331 e. The fraction of sp³-hybridized carbons (Fsp3) is 0. The summed E-state index contributed by atoms with van der Waals surface area (Å²) in [7, 11) is 0. The molecule has 8 nitrogen and oxygen atoms in total. The van der Waals surface area contributed by atoms with E-state index in [-0.39, 0.29) is 5.91 Å². The van der Waals surface area contributed by atoms with E-state index in [1.807, 2.05) is 0 Å². The molecule has 0 saturated heterocycles. The average molecular weight is 255 g/mol. The third-order valence-electron chi connectivity index (χ3n) is 2.46. The summed E-state index contributed by atoms with van der Waals surface area (Å²) in [5.74, 6) is 0.572. The zero-order valence-corrected chi connectivity index (χ0v) is 9.66. The Morgan fingerprint density at radius 2 is 2.26 bits per heavy atom. The first kappa shape index (κ1) is 11.1. The van der Waals surface area contributed by atoms with Gasteiger partial charge in [0.2, 0.25) is 11.8 Å². The molecule has 1 aromatic carbocycles. The van der Waals surface area contributed by atoms with Crippen LogP contribution < -0.4 is 5.32 Å². The lowest BCUT2D eigenvalue weighted by molar-refractivity contribution is 0.102. The smallest absolute Gasteiger partial charge is 0.257 e. The van der Waals surface area contributed by atoms with Crippen molar-refractivity contribution < 1.29 is 4.79 Å². The molecule has 19 heavy (non-hydrogen) atoms. The van der Waals surface area contributed by atoms with E-state index >= 15 is 0 Å². The van der Waals surface area contributed by atoms with Gasteiger partial charge in [-0.1, -0.05) is 12.1 Å². The van der Waals surface area contributed by atoms with Crippen molar-refractivity contribution in [3.8, 4) is 11.4 Å². The Morgan fingerprint density at radius 1 is 1.32 bits per heavy atom. The van der Waals surface area contributed by atoms with E-state index in [9.17, 15) is 4.79 Å². The Hall–Kier alpha value is -3.03. The molecule has 0 radical (unpaired) electrons. The molecule has 0 aliphatic heterocycles. The Kier molecular flexibility index (Phi) is 2.73. The second-order valence-electron chi connectivity index (χ2n) is 3.71. The van der Waals surface area contributed by atoms with Gasteiger partial charge in [0, 0.05) is 23.5 Å². The van der Waals surface area contributed by atoms with Crippen molar-refractivity contribution in [2.45, 2.75) is 0 Å². The van der Waals surface area contributed by atoms with Crippen molar-refractivity contribution >= 4 is 11.9 Å². The van der Waals surface area contributed by atoms with E-state index in [1.54, 1.807) is 36.7 Å². The number of nitrogens with one attached hydrogen (secondary N) is 3. The van der Waals surface area contributed by atoms with E-state index in [1.165, 1.54) is 0 Å². The first-order valence-electron chi connectivity index (χ1n) is 5.47. The number of aromatic nitrogens is 6. The SMILES string of the molecule is O=C(Nc1ncc[nH]1)c1cccc(-c2nn[nH]n2)c1. The van der Waals surface area contributed by atoms with Crippen molar-refractivity contribution in [3.63, 3.8) is 0 Å². The minimum atomic E-state index is -0.264. The molecule has 0 spiro atoms. The van der Waals surface area contributed by atoms with Crippen LogP contribution in [-0.2, 0) is 0 Å². The van der Waals surface area contributed by atoms with Gasteiger partial charge >= 0.3 is 0 Å². The summed E-state index contributed by atoms with van der Waals surface area (Å²) in [5, 5.41) is 16.2. The summed E-state index contributed by atoms with van der Waals surface area (Å²) in [6, 6.07) is 6.93. The molecule has 3 aromatic rings. The zero-order valence-electron chi connectivity index (χ0n) is 9.66. The van der Waals surface area contributed by atoms with Crippen LogP contribution in [0, 0.1) is 0 Å². The molecule has 3 N–H and O–H groups in total. The number of carbonyl (C=O) groups is 1. The van der Waals surface area contributed by atoms with E-state index < -0.39 is 0 Å². The highest BCUT2D eigenvalue weighted by Crippen LogP contribution is 2.15. The second kappa shape index (κ2) is 4.69. The summed E-state index contributed by atoms with van der Waals surface area (Å²) >= 11 is 0. The van der Waals surface area contributed by atoms with Gasteiger partial charge in [-0.25, -0.2) is 4.98 Å². The van der Waals surface area contributed by atoms with Crippen LogP contribution in [0.2, 0.25) is 0 Å². The third kappa shape index (κ3) is 2.32. The fourth-order valence-electron chi connectivity index (χ4n) is 1.60. The number of H-pyrrole nitrogens is 2. The minimum absolute atomic E-state index is 0.264. The lowest BCUT2D eigenvalue weighted by Gasteiger charge is -2.03. The van der Waals surface area contributed by atoms with Gasteiger partial charge in [0.1, 0.15) is 0 Å². The van der Waals surface area contributed by atoms with Crippen LogP contribution in [0.3, 0.4) is 0 Å². The van der Waals surface area contributed by atoms with Crippen molar-refractivity contribution in [1.29, 1.82) is 0 Å². The molecule has 0 aliphatic rings. The molecular weight excluding hydrogens is 246 g/mol. The monoisotopic (exact) mass is 255 g/mol. The van der Waals surface area contributed by atoms with E-state index in [4.69, 9.17) is 0 Å². The summed E-state index contributed by atoms with van der Waals surface area (Å²) in [4.78, 5) is 18.7. The number of anilines is 1. The first-order chi connectivity index (χ1) is 9.33. The molecule has 2 heterocycles. The first-order valence-corrected chi connectivity index (χ1v) is 5.47. The highest BCUT2D eigenvalue weighted by atomic mass is 16.1. The van der Waals surface area contributed by atoms with Crippen LogP contribution in [0.1, 0.15) is 10.4 Å². The molecule has 1 amide bonds. The normalized spacial score (nSPS) is 10.3. The van der Waals surface area contributed by atoms with Crippen molar-refractivity contribution in [1.82, 2.24) is 30.6 Å². The average Bonchev–Trinajstić information content (AvgIpc) is 3.12. The Morgan fingerprint density at radius 3 is 3.00 bits per heavy atom. The highest BCUT2D eigenvalue weighted by Gasteiger charge is 2.10. The lowest BCUT2D eigenvalue weighted by Crippen LogP contribution is -2.12. The molecule has 94 valence electrons. The number of carbonyl (C=O) groups excluding carboxylic acids is 1. The summed E-state index contributed by atoms with van der Waals surface area (Å²) in [6.45, 7) is 0. The lowest BCUT2D eigenvalue weighted by atomic mass is 10.1. The van der Waals surface area contributed by atoms with Crippen LogP contribution >= 0.6 is 0 Å². The molecule has 0 atom stereocenters. The van der Waals surface area contributed by atoms with Crippen LogP contribution in [0.25, 0.3) is 11.4 Å². The summed E-state index contributed by atoms with van der Waals surface area (Å²) in [5.41, 5.74) is 1.19. The van der Waals surface area contributed by atoms with Gasteiger partial charge in [-0.3, -0.25) is 10.1 Å². The van der Waals surface area contributed by atoms with Crippen LogP contribution in [0.4, 0.5) is 5.95 Å². The van der Waals surface area contributed by atoms with Gasteiger partial charge in [0.25, 0.3) is 5.91 Å².